The molecule has 0 saturated heterocycles. The molecule has 0 spiro atoms. The monoisotopic (exact) mass is 291 g/mol. The maximum atomic E-state index is 11.6. The lowest BCUT2D eigenvalue weighted by molar-refractivity contribution is -0.142. The van der Waals surface area contributed by atoms with Gasteiger partial charge in [-0.2, -0.15) is 0 Å². The summed E-state index contributed by atoms with van der Waals surface area (Å²) in [5, 5.41) is 22.3. The fraction of sp³-hybridized carbons (Fsp3) is 0.133. The van der Waals surface area contributed by atoms with Crippen LogP contribution < -0.4 is 5.32 Å². The molecular formula is C15H14ClNO3. The average Bonchev–Trinajstić information content (AvgIpc) is 2.39. The van der Waals surface area contributed by atoms with Crippen molar-refractivity contribution in [2.24, 2.45) is 0 Å². The first-order valence-corrected chi connectivity index (χ1v) is 6.36. The summed E-state index contributed by atoms with van der Waals surface area (Å²) in [5.41, 5.74) is -0.184. The van der Waals surface area contributed by atoms with Crippen LogP contribution >= 0.6 is 11.6 Å². The van der Waals surface area contributed by atoms with Crippen LogP contribution in [0.3, 0.4) is 0 Å². The fourth-order valence-corrected chi connectivity index (χ4v) is 2.09. The van der Waals surface area contributed by atoms with Crippen LogP contribution in [0.5, 0.6) is 5.75 Å². The Kier molecular flexibility index (Phi) is 3.86. The van der Waals surface area contributed by atoms with Crippen molar-refractivity contribution in [1.29, 1.82) is 0 Å². The van der Waals surface area contributed by atoms with Crippen molar-refractivity contribution in [2.75, 3.05) is 5.32 Å². The molecule has 2 aromatic rings. The van der Waals surface area contributed by atoms with Crippen molar-refractivity contribution in [3.63, 3.8) is 0 Å². The van der Waals surface area contributed by atoms with Gasteiger partial charge in [0.25, 0.3) is 0 Å². The summed E-state index contributed by atoms with van der Waals surface area (Å²) < 4.78 is 0. The van der Waals surface area contributed by atoms with Gasteiger partial charge in [0.1, 0.15) is 5.75 Å². The Labute approximate surface area is 121 Å². The van der Waals surface area contributed by atoms with Crippen molar-refractivity contribution in [3.8, 4) is 5.75 Å². The number of anilines is 1. The first kappa shape index (κ1) is 14.2. The lowest BCUT2D eigenvalue weighted by Gasteiger charge is -2.28. The highest BCUT2D eigenvalue weighted by Crippen LogP contribution is 2.29. The molecule has 2 rings (SSSR count). The SMILES string of the molecule is CC(Nc1cccc(Cl)c1)(C(=O)O)c1ccc(O)cc1. The predicted octanol–water partition coefficient (Wildman–Crippen LogP) is 3.46. The van der Waals surface area contributed by atoms with Crippen LogP contribution in [0.15, 0.2) is 48.5 Å². The normalized spacial score (nSPS) is 13.5. The molecule has 20 heavy (non-hydrogen) atoms. The second-order valence-corrected chi connectivity index (χ2v) is 5.05. The zero-order valence-corrected chi connectivity index (χ0v) is 11.6. The van der Waals surface area contributed by atoms with Crippen LogP contribution in [0.1, 0.15) is 12.5 Å². The molecule has 4 nitrogen and oxygen atoms in total. The Hall–Kier alpha value is -2.20. The topological polar surface area (TPSA) is 69.6 Å². The third-order valence-corrected chi connectivity index (χ3v) is 3.33. The molecule has 0 fully saturated rings. The van der Waals surface area contributed by atoms with Gasteiger partial charge in [-0.05, 0) is 42.8 Å². The minimum Gasteiger partial charge on any atom is -0.508 e. The number of rotatable bonds is 4. The minimum atomic E-state index is -1.32. The largest absolute Gasteiger partial charge is 0.508 e. The van der Waals surface area contributed by atoms with Crippen LogP contribution in [-0.4, -0.2) is 16.2 Å². The van der Waals surface area contributed by atoms with E-state index >= 15 is 0 Å². The van der Waals surface area contributed by atoms with Gasteiger partial charge in [0, 0.05) is 10.7 Å². The quantitative estimate of drug-likeness (QED) is 0.807. The zero-order valence-electron chi connectivity index (χ0n) is 10.8. The van der Waals surface area contributed by atoms with Gasteiger partial charge in [0.2, 0.25) is 0 Å². The summed E-state index contributed by atoms with van der Waals surface area (Å²) in [7, 11) is 0. The number of hydrogen-bond donors (Lipinski definition) is 3. The van der Waals surface area contributed by atoms with Gasteiger partial charge in [-0.25, -0.2) is 4.79 Å². The van der Waals surface area contributed by atoms with E-state index in [0.717, 1.165) is 0 Å². The van der Waals surface area contributed by atoms with Crippen LogP contribution in [0, 0.1) is 0 Å². The number of aliphatic carboxylic acids is 1. The van der Waals surface area contributed by atoms with Gasteiger partial charge in [-0.1, -0.05) is 29.8 Å². The molecule has 1 atom stereocenters. The molecule has 0 aliphatic rings. The summed E-state index contributed by atoms with van der Waals surface area (Å²) in [4.78, 5) is 11.6. The Morgan fingerprint density at radius 2 is 1.85 bits per heavy atom. The highest BCUT2D eigenvalue weighted by atomic mass is 35.5. The number of carboxylic acids is 1. The zero-order chi connectivity index (χ0) is 14.8. The van der Waals surface area contributed by atoms with Gasteiger partial charge < -0.3 is 15.5 Å². The van der Waals surface area contributed by atoms with Crippen molar-refractivity contribution in [2.45, 2.75) is 12.5 Å². The van der Waals surface area contributed by atoms with E-state index in [1.165, 1.54) is 12.1 Å². The van der Waals surface area contributed by atoms with E-state index in [0.29, 0.717) is 16.3 Å². The Balaban J connectivity index is 2.39. The molecule has 0 heterocycles. The number of hydrogen-bond acceptors (Lipinski definition) is 3. The molecule has 5 heteroatoms. The number of carboxylic acid groups (broad SMARTS) is 1. The summed E-state index contributed by atoms with van der Waals surface area (Å²) in [6, 6.07) is 12.9. The van der Waals surface area contributed by atoms with E-state index in [4.69, 9.17) is 11.6 Å². The van der Waals surface area contributed by atoms with Gasteiger partial charge in [-0.15, -0.1) is 0 Å². The van der Waals surface area contributed by atoms with Crippen LogP contribution in [-0.2, 0) is 10.3 Å². The molecule has 0 aliphatic carbocycles. The second kappa shape index (κ2) is 5.43. The smallest absolute Gasteiger partial charge is 0.333 e. The van der Waals surface area contributed by atoms with Crippen molar-refractivity contribution in [3.05, 3.63) is 59.1 Å². The number of phenols is 1. The van der Waals surface area contributed by atoms with E-state index in [1.807, 2.05) is 0 Å². The molecular weight excluding hydrogens is 278 g/mol. The Morgan fingerprint density at radius 1 is 1.20 bits per heavy atom. The number of benzene rings is 2. The van der Waals surface area contributed by atoms with Gasteiger partial charge in [0.15, 0.2) is 5.54 Å². The van der Waals surface area contributed by atoms with Crippen molar-refractivity contribution in [1.82, 2.24) is 0 Å². The number of halogens is 1. The maximum absolute atomic E-state index is 11.6. The van der Waals surface area contributed by atoms with E-state index in [-0.39, 0.29) is 5.75 Å². The first-order chi connectivity index (χ1) is 9.41. The molecule has 3 N–H and O–H groups in total. The Morgan fingerprint density at radius 3 is 2.40 bits per heavy atom. The maximum Gasteiger partial charge on any atom is 0.333 e. The van der Waals surface area contributed by atoms with Crippen LogP contribution in [0.4, 0.5) is 5.69 Å². The highest BCUT2D eigenvalue weighted by Gasteiger charge is 2.35. The summed E-state index contributed by atoms with van der Waals surface area (Å²) >= 11 is 5.90. The molecule has 0 aliphatic heterocycles. The van der Waals surface area contributed by atoms with E-state index in [1.54, 1.807) is 43.3 Å². The fourth-order valence-electron chi connectivity index (χ4n) is 1.90. The highest BCUT2D eigenvalue weighted by molar-refractivity contribution is 6.30. The molecule has 104 valence electrons. The third kappa shape index (κ3) is 2.86. The lowest BCUT2D eigenvalue weighted by atomic mass is 9.91. The van der Waals surface area contributed by atoms with Gasteiger partial charge in [0.05, 0.1) is 0 Å². The van der Waals surface area contributed by atoms with Gasteiger partial charge in [-0.3, -0.25) is 0 Å². The summed E-state index contributed by atoms with van der Waals surface area (Å²) in [6.45, 7) is 1.56. The van der Waals surface area contributed by atoms with Gasteiger partial charge >= 0.3 is 5.97 Å². The lowest BCUT2D eigenvalue weighted by Crippen LogP contribution is -2.40. The molecule has 0 radical (unpaired) electrons. The van der Waals surface area contributed by atoms with Crippen LogP contribution in [0.2, 0.25) is 5.02 Å². The van der Waals surface area contributed by atoms with Crippen LogP contribution in [0.25, 0.3) is 0 Å². The predicted molar refractivity (Wildman–Crippen MR) is 78.2 cm³/mol. The molecule has 0 bridgehead atoms. The van der Waals surface area contributed by atoms with E-state index < -0.39 is 11.5 Å². The molecule has 1 unspecified atom stereocenters. The molecule has 2 aromatic carbocycles. The van der Waals surface area contributed by atoms with Crippen molar-refractivity contribution < 1.29 is 15.0 Å². The Bertz CT molecular complexity index is 627. The molecule has 0 saturated carbocycles. The first-order valence-electron chi connectivity index (χ1n) is 5.98. The third-order valence-electron chi connectivity index (χ3n) is 3.09. The summed E-state index contributed by atoms with van der Waals surface area (Å²) in [6.07, 6.45) is 0. The molecule has 0 aromatic heterocycles. The number of phenolic OH excluding ortho intramolecular Hbond substituents is 1. The average molecular weight is 292 g/mol. The number of carbonyl (C=O) groups is 1. The number of aromatic hydroxyl groups is 1. The second-order valence-electron chi connectivity index (χ2n) is 4.61. The standard InChI is InChI=1S/C15H14ClNO3/c1-15(14(19)20,10-5-7-13(18)8-6-10)17-12-4-2-3-11(16)9-12/h2-9,17-18H,1H3,(H,19,20). The number of nitrogens with one attached hydrogen (secondary N) is 1. The summed E-state index contributed by atoms with van der Waals surface area (Å²) in [5.74, 6) is -0.938. The minimum absolute atomic E-state index is 0.0873. The molecule has 0 amide bonds. The van der Waals surface area contributed by atoms with Crippen molar-refractivity contribution >= 4 is 23.3 Å². The van der Waals surface area contributed by atoms with E-state index in [9.17, 15) is 15.0 Å². The van der Waals surface area contributed by atoms with E-state index in [2.05, 4.69) is 5.32 Å².